The molecule has 2 N–H and O–H groups in total. The molecule has 0 bridgehead atoms. The predicted molar refractivity (Wildman–Crippen MR) is 64.1 cm³/mol. The number of aliphatic carboxylic acids is 1. The third kappa shape index (κ3) is 2.61. The smallest absolute Gasteiger partial charge is 0.327 e. The zero-order valence-electron chi connectivity index (χ0n) is 9.74. The highest BCUT2D eigenvalue weighted by atomic mass is 35.5. The lowest BCUT2D eigenvalue weighted by Crippen LogP contribution is -2.38. The molecular weight excluding hydrogens is 242 g/mol. The van der Waals surface area contributed by atoms with Crippen LogP contribution in [0.3, 0.4) is 0 Å². The Morgan fingerprint density at radius 3 is 2.59 bits per heavy atom. The van der Waals surface area contributed by atoms with Crippen molar-refractivity contribution in [3.63, 3.8) is 0 Å². The Balaban J connectivity index is 2.28. The average molecular weight is 258 g/mol. The number of H-pyrrole nitrogens is 1. The number of imidazole rings is 1. The minimum Gasteiger partial charge on any atom is -0.480 e. The van der Waals surface area contributed by atoms with Crippen molar-refractivity contribution in [2.75, 3.05) is 13.1 Å². The van der Waals surface area contributed by atoms with E-state index in [1.807, 2.05) is 4.90 Å². The number of carboxylic acid groups (broad SMARTS) is 1. The van der Waals surface area contributed by atoms with Crippen molar-refractivity contribution in [1.82, 2.24) is 14.9 Å². The Labute approximate surface area is 105 Å². The number of hydrogen-bond donors (Lipinski definition) is 2. The summed E-state index contributed by atoms with van der Waals surface area (Å²) in [6.07, 6.45) is 3.24. The van der Waals surface area contributed by atoms with Crippen molar-refractivity contribution in [3.05, 3.63) is 16.7 Å². The van der Waals surface area contributed by atoms with Crippen LogP contribution in [0, 0.1) is 6.92 Å². The molecular formula is C11H16ClN3O2. The van der Waals surface area contributed by atoms with Crippen molar-refractivity contribution in [2.24, 2.45) is 0 Å². The monoisotopic (exact) mass is 257 g/mol. The summed E-state index contributed by atoms with van der Waals surface area (Å²) in [6.45, 7) is 3.36. The van der Waals surface area contributed by atoms with E-state index >= 15 is 0 Å². The molecule has 0 amide bonds. The lowest BCUT2D eigenvalue weighted by molar-refractivity contribution is -0.144. The van der Waals surface area contributed by atoms with Crippen LogP contribution in [0.15, 0.2) is 0 Å². The lowest BCUT2D eigenvalue weighted by atomic mass is 10.1. The van der Waals surface area contributed by atoms with Gasteiger partial charge in [0.05, 0.1) is 5.69 Å². The van der Waals surface area contributed by atoms with Crippen LogP contribution in [0.2, 0.25) is 5.15 Å². The van der Waals surface area contributed by atoms with E-state index in [1.54, 1.807) is 6.92 Å². The summed E-state index contributed by atoms with van der Waals surface area (Å²) < 4.78 is 0. The molecule has 1 saturated heterocycles. The maximum atomic E-state index is 11.4. The molecule has 2 heterocycles. The number of piperidine rings is 1. The topological polar surface area (TPSA) is 69.2 Å². The van der Waals surface area contributed by atoms with E-state index in [2.05, 4.69) is 9.97 Å². The van der Waals surface area contributed by atoms with Crippen LogP contribution >= 0.6 is 11.6 Å². The fourth-order valence-corrected chi connectivity index (χ4v) is 2.58. The van der Waals surface area contributed by atoms with Gasteiger partial charge < -0.3 is 10.1 Å². The molecule has 1 unspecified atom stereocenters. The number of carboxylic acids is 1. The van der Waals surface area contributed by atoms with Crippen molar-refractivity contribution in [3.8, 4) is 0 Å². The molecule has 1 aliphatic heterocycles. The van der Waals surface area contributed by atoms with E-state index in [0.717, 1.165) is 25.9 Å². The zero-order chi connectivity index (χ0) is 12.4. The van der Waals surface area contributed by atoms with E-state index in [9.17, 15) is 9.90 Å². The molecule has 5 nitrogen and oxygen atoms in total. The first-order valence-corrected chi connectivity index (χ1v) is 6.16. The van der Waals surface area contributed by atoms with Gasteiger partial charge in [-0.2, -0.15) is 0 Å². The zero-order valence-corrected chi connectivity index (χ0v) is 10.5. The van der Waals surface area contributed by atoms with Crippen LogP contribution in [0.1, 0.15) is 36.8 Å². The maximum absolute atomic E-state index is 11.4. The van der Waals surface area contributed by atoms with E-state index < -0.39 is 12.0 Å². The molecule has 17 heavy (non-hydrogen) atoms. The summed E-state index contributed by atoms with van der Waals surface area (Å²) in [5, 5.41) is 9.63. The Bertz CT molecular complexity index is 413. The van der Waals surface area contributed by atoms with Crippen molar-refractivity contribution < 1.29 is 9.90 Å². The van der Waals surface area contributed by atoms with Gasteiger partial charge in [0, 0.05) is 0 Å². The van der Waals surface area contributed by atoms with Crippen LogP contribution in [0.4, 0.5) is 0 Å². The summed E-state index contributed by atoms with van der Waals surface area (Å²) in [6, 6.07) is -0.705. The fraction of sp³-hybridized carbons (Fsp3) is 0.636. The van der Waals surface area contributed by atoms with Gasteiger partial charge in [-0.15, -0.1) is 0 Å². The number of rotatable bonds is 3. The van der Waals surface area contributed by atoms with Crippen LogP contribution in [0.25, 0.3) is 0 Å². The van der Waals surface area contributed by atoms with Gasteiger partial charge in [0.1, 0.15) is 5.82 Å². The second-order valence-corrected chi connectivity index (χ2v) is 4.72. The highest BCUT2D eigenvalue weighted by Crippen LogP contribution is 2.28. The SMILES string of the molecule is Cc1nc(Cl)c(C(C(=O)O)N2CCCCC2)[nH]1. The van der Waals surface area contributed by atoms with Crippen molar-refractivity contribution >= 4 is 17.6 Å². The number of nitrogens with zero attached hydrogens (tertiary/aromatic N) is 2. The summed E-state index contributed by atoms with van der Waals surface area (Å²) in [5.74, 6) is -0.231. The van der Waals surface area contributed by atoms with Gasteiger partial charge in [0.15, 0.2) is 11.2 Å². The van der Waals surface area contributed by atoms with Gasteiger partial charge in [-0.25, -0.2) is 4.98 Å². The second kappa shape index (κ2) is 5.06. The first-order valence-electron chi connectivity index (χ1n) is 5.78. The quantitative estimate of drug-likeness (QED) is 0.869. The summed E-state index contributed by atoms with van der Waals surface area (Å²) in [7, 11) is 0. The molecule has 0 aliphatic carbocycles. The van der Waals surface area contributed by atoms with Crippen LogP contribution in [-0.4, -0.2) is 39.0 Å². The molecule has 1 atom stereocenters. The van der Waals surface area contributed by atoms with E-state index in [0.29, 0.717) is 11.5 Å². The van der Waals surface area contributed by atoms with Gasteiger partial charge >= 0.3 is 5.97 Å². The minimum atomic E-state index is -0.877. The molecule has 0 saturated carbocycles. The largest absolute Gasteiger partial charge is 0.480 e. The predicted octanol–water partition coefficient (Wildman–Crippen LogP) is 1.98. The number of aromatic nitrogens is 2. The van der Waals surface area contributed by atoms with E-state index in [-0.39, 0.29) is 5.15 Å². The number of aromatic amines is 1. The minimum absolute atomic E-state index is 0.264. The van der Waals surface area contributed by atoms with Crippen LogP contribution in [-0.2, 0) is 4.79 Å². The highest BCUT2D eigenvalue weighted by Gasteiger charge is 2.31. The number of likely N-dealkylation sites (tertiary alicyclic amines) is 1. The molecule has 2 rings (SSSR count). The normalized spacial score (nSPS) is 19.2. The number of aryl methyl sites for hydroxylation is 1. The molecule has 0 radical (unpaired) electrons. The fourth-order valence-electron chi connectivity index (χ4n) is 2.30. The molecule has 1 fully saturated rings. The Kier molecular flexibility index (Phi) is 3.69. The number of nitrogens with one attached hydrogen (secondary N) is 1. The molecule has 1 aromatic heterocycles. The van der Waals surface area contributed by atoms with Crippen molar-refractivity contribution in [2.45, 2.75) is 32.2 Å². The van der Waals surface area contributed by atoms with Gasteiger partial charge in [-0.3, -0.25) is 9.69 Å². The third-order valence-electron chi connectivity index (χ3n) is 3.07. The summed E-state index contributed by atoms with van der Waals surface area (Å²) in [4.78, 5) is 20.3. The van der Waals surface area contributed by atoms with Gasteiger partial charge in [0.25, 0.3) is 0 Å². The van der Waals surface area contributed by atoms with Gasteiger partial charge in [0.2, 0.25) is 0 Å². The lowest BCUT2D eigenvalue weighted by Gasteiger charge is -2.31. The van der Waals surface area contributed by atoms with E-state index in [1.165, 1.54) is 6.42 Å². The third-order valence-corrected chi connectivity index (χ3v) is 3.35. The average Bonchev–Trinajstić information content (AvgIpc) is 2.59. The van der Waals surface area contributed by atoms with Crippen LogP contribution in [0.5, 0.6) is 0 Å². The summed E-state index contributed by atoms with van der Waals surface area (Å²) >= 11 is 5.97. The maximum Gasteiger partial charge on any atom is 0.327 e. The molecule has 1 aromatic rings. The molecule has 1 aliphatic rings. The van der Waals surface area contributed by atoms with Gasteiger partial charge in [-0.1, -0.05) is 18.0 Å². The highest BCUT2D eigenvalue weighted by molar-refractivity contribution is 6.30. The second-order valence-electron chi connectivity index (χ2n) is 4.36. The van der Waals surface area contributed by atoms with Crippen molar-refractivity contribution in [1.29, 1.82) is 0 Å². The van der Waals surface area contributed by atoms with E-state index in [4.69, 9.17) is 11.6 Å². The number of halogens is 1. The first kappa shape index (κ1) is 12.4. The van der Waals surface area contributed by atoms with Crippen LogP contribution < -0.4 is 0 Å². The summed E-state index contributed by atoms with van der Waals surface area (Å²) in [5.41, 5.74) is 0.499. The molecule has 6 heteroatoms. The first-order chi connectivity index (χ1) is 8.09. The van der Waals surface area contributed by atoms with Gasteiger partial charge in [-0.05, 0) is 32.9 Å². The number of hydrogen-bond acceptors (Lipinski definition) is 3. The number of carbonyl (C=O) groups is 1. The molecule has 94 valence electrons. The molecule has 0 aromatic carbocycles. The molecule has 0 spiro atoms. The standard InChI is InChI=1S/C11H16ClN3O2/c1-7-13-8(10(12)14-7)9(11(16)17)15-5-3-2-4-6-15/h9H,2-6H2,1H3,(H,13,14)(H,16,17). The Hall–Kier alpha value is -1.07. The Morgan fingerprint density at radius 1 is 1.47 bits per heavy atom. The Morgan fingerprint density at radius 2 is 2.12 bits per heavy atom.